The molecule has 0 spiro atoms. The van der Waals surface area contributed by atoms with Crippen LogP contribution < -0.4 is 16.4 Å². The van der Waals surface area contributed by atoms with E-state index in [-0.39, 0.29) is 11.6 Å². The number of primary amides is 1. The van der Waals surface area contributed by atoms with Crippen LogP contribution in [0.25, 0.3) is 0 Å². The van der Waals surface area contributed by atoms with Crippen LogP contribution in [0.5, 0.6) is 0 Å². The minimum Gasteiger partial charge on any atom is -0.365 e. The summed E-state index contributed by atoms with van der Waals surface area (Å²) in [6, 6.07) is 9.48. The average molecular weight is 380 g/mol. The Hall–Kier alpha value is -2.10. The predicted molar refractivity (Wildman–Crippen MR) is 102 cm³/mol. The molecule has 2 rings (SSSR count). The zero-order valence-corrected chi connectivity index (χ0v) is 15.7. The summed E-state index contributed by atoms with van der Waals surface area (Å²) < 4.78 is 4.27. The number of anilines is 1. The lowest BCUT2D eigenvalue weighted by Crippen LogP contribution is -2.34. The number of aromatic nitrogens is 1. The number of carbonyl (C=O) groups excluding carboxylic acids is 2. The summed E-state index contributed by atoms with van der Waals surface area (Å²) in [6.07, 6.45) is 0. The zero-order chi connectivity index (χ0) is 18.2. The highest BCUT2D eigenvalue weighted by Crippen LogP contribution is 2.33. The molecule has 3 amide bonds. The Morgan fingerprint density at radius 2 is 2.00 bits per heavy atom. The number of hydrogen-bond donors (Lipinski definition) is 3. The van der Waals surface area contributed by atoms with Gasteiger partial charge >= 0.3 is 6.03 Å². The van der Waals surface area contributed by atoms with Crippen molar-refractivity contribution in [2.75, 3.05) is 32.5 Å². The molecular formula is C16H21N5O2S2. The van der Waals surface area contributed by atoms with Crippen molar-refractivity contribution in [1.29, 1.82) is 0 Å². The van der Waals surface area contributed by atoms with Crippen LogP contribution in [0.1, 0.15) is 15.9 Å². The summed E-state index contributed by atoms with van der Waals surface area (Å²) in [5, 5.41) is 6.28. The Morgan fingerprint density at radius 1 is 1.28 bits per heavy atom. The smallest absolute Gasteiger partial charge is 0.319 e. The molecule has 0 fully saturated rings. The number of benzene rings is 1. The van der Waals surface area contributed by atoms with E-state index in [1.54, 1.807) is 0 Å². The Morgan fingerprint density at radius 3 is 2.64 bits per heavy atom. The number of carbonyl (C=O) groups is 2. The van der Waals surface area contributed by atoms with Gasteiger partial charge in [0.2, 0.25) is 0 Å². The standard InChI is InChI=1S/C16H21N5O2S2/c1-21(2)9-8-18-16(23)19-14-12(13(17)22)15(20-25-14)24-10-11-6-4-3-5-7-11/h3-7H,8-10H2,1-2H3,(H2,17,22)(H2,18,19,23). The molecule has 0 saturated heterocycles. The average Bonchev–Trinajstić information content (AvgIpc) is 2.96. The van der Waals surface area contributed by atoms with Crippen LogP contribution in [-0.2, 0) is 5.75 Å². The van der Waals surface area contributed by atoms with E-state index in [1.165, 1.54) is 11.8 Å². The zero-order valence-electron chi connectivity index (χ0n) is 14.1. The highest BCUT2D eigenvalue weighted by atomic mass is 32.2. The first-order valence-corrected chi connectivity index (χ1v) is 9.39. The minimum absolute atomic E-state index is 0.258. The second-order valence-electron chi connectivity index (χ2n) is 5.51. The van der Waals surface area contributed by atoms with Gasteiger partial charge in [-0.1, -0.05) is 42.1 Å². The maximum atomic E-state index is 11.9. The molecule has 134 valence electrons. The molecule has 7 nitrogen and oxygen atoms in total. The van der Waals surface area contributed by atoms with E-state index in [9.17, 15) is 9.59 Å². The molecule has 2 aromatic rings. The van der Waals surface area contributed by atoms with Crippen LogP contribution >= 0.6 is 23.3 Å². The van der Waals surface area contributed by atoms with Crippen molar-refractivity contribution in [1.82, 2.24) is 14.6 Å². The molecule has 1 aromatic heterocycles. The number of thioether (sulfide) groups is 1. The molecule has 0 aliphatic rings. The molecular weight excluding hydrogens is 358 g/mol. The number of nitrogens with two attached hydrogens (primary N) is 1. The van der Waals surface area contributed by atoms with E-state index in [4.69, 9.17) is 5.73 Å². The van der Waals surface area contributed by atoms with Crippen molar-refractivity contribution in [2.24, 2.45) is 5.73 Å². The molecule has 1 aromatic carbocycles. The normalized spacial score (nSPS) is 10.7. The van der Waals surface area contributed by atoms with Gasteiger partial charge in [-0.3, -0.25) is 10.1 Å². The van der Waals surface area contributed by atoms with Gasteiger partial charge in [0.15, 0.2) is 0 Å². The van der Waals surface area contributed by atoms with E-state index in [0.29, 0.717) is 22.3 Å². The van der Waals surface area contributed by atoms with Crippen LogP contribution in [0.15, 0.2) is 35.4 Å². The fourth-order valence-electron chi connectivity index (χ4n) is 1.94. The highest BCUT2D eigenvalue weighted by Gasteiger charge is 2.20. The van der Waals surface area contributed by atoms with Crippen molar-refractivity contribution < 1.29 is 9.59 Å². The predicted octanol–water partition coefficient (Wildman–Crippen LogP) is 2.22. The Balaban J connectivity index is 2.00. The van der Waals surface area contributed by atoms with Crippen molar-refractivity contribution >= 4 is 40.2 Å². The lowest BCUT2D eigenvalue weighted by atomic mass is 10.2. The number of likely N-dealkylation sites (N-methyl/N-ethyl adjacent to an activating group) is 1. The third-order valence-corrected chi connectivity index (χ3v) is 5.12. The third-order valence-electron chi connectivity index (χ3n) is 3.20. The summed E-state index contributed by atoms with van der Waals surface area (Å²) >= 11 is 2.47. The molecule has 4 N–H and O–H groups in total. The van der Waals surface area contributed by atoms with Crippen LogP contribution in [0.3, 0.4) is 0 Å². The summed E-state index contributed by atoms with van der Waals surface area (Å²) in [7, 11) is 3.84. The highest BCUT2D eigenvalue weighted by molar-refractivity contribution is 7.98. The van der Waals surface area contributed by atoms with Crippen LogP contribution in [-0.4, -0.2) is 48.4 Å². The van der Waals surface area contributed by atoms with Crippen molar-refractivity contribution in [3.8, 4) is 0 Å². The van der Waals surface area contributed by atoms with E-state index in [2.05, 4.69) is 15.0 Å². The van der Waals surface area contributed by atoms with Crippen molar-refractivity contribution in [2.45, 2.75) is 10.8 Å². The molecule has 25 heavy (non-hydrogen) atoms. The summed E-state index contributed by atoms with van der Waals surface area (Å²) in [5.74, 6) is 0.0622. The molecule has 0 saturated carbocycles. The minimum atomic E-state index is -0.604. The van der Waals surface area contributed by atoms with Crippen LogP contribution in [0.2, 0.25) is 0 Å². The fraction of sp³-hybridized carbons (Fsp3) is 0.312. The molecule has 9 heteroatoms. The second-order valence-corrected chi connectivity index (χ2v) is 7.25. The number of hydrogen-bond acceptors (Lipinski definition) is 6. The molecule has 1 heterocycles. The maximum absolute atomic E-state index is 11.9. The molecule has 0 aliphatic carbocycles. The number of nitrogens with one attached hydrogen (secondary N) is 2. The first-order chi connectivity index (χ1) is 12.0. The lowest BCUT2D eigenvalue weighted by Gasteiger charge is -2.11. The Bertz CT molecular complexity index is 719. The maximum Gasteiger partial charge on any atom is 0.319 e. The fourth-order valence-corrected chi connectivity index (χ4v) is 3.87. The molecule has 0 bridgehead atoms. The molecule has 0 unspecified atom stereocenters. The van der Waals surface area contributed by atoms with Gasteiger partial charge in [-0.2, -0.15) is 4.37 Å². The Labute approximate surface area is 155 Å². The number of rotatable bonds is 8. The van der Waals surface area contributed by atoms with Gasteiger partial charge in [0.05, 0.1) is 0 Å². The Kier molecular flexibility index (Phi) is 7.23. The number of nitrogens with zero attached hydrogens (tertiary/aromatic N) is 2. The van der Waals surface area contributed by atoms with E-state index in [0.717, 1.165) is 23.6 Å². The monoisotopic (exact) mass is 379 g/mol. The largest absolute Gasteiger partial charge is 0.365 e. The summed E-state index contributed by atoms with van der Waals surface area (Å²) in [6.45, 7) is 1.22. The SMILES string of the molecule is CN(C)CCNC(=O)Nc1snc(SCc2ccccc2)c1C(N)=O. The van der Waals surface area contributed by atoms with Gasteiger partial charge in [0.1, 0.15) is 15.6 Å². The molecule has 0 radical (unpaired) electrons. The quantitative estimate of drug-likeness (QED) is 0.611. The van der Waals surface area contributed by atoms with Gasteiger partial charge < -0.3 is 16.0 Å². The summed E-state index contributed by atoms with van der Waals surface area (Å²) in [5.41, 5.74) is 6.86. The van der Waals surface area contributed by atoms with E-state index in [1.807, 2.05) is 49.3 Å². The van der Waals surface area contributed by atoms with E-state index >= 15 is 0 Å². The molecule has 0 atom stereocenters. The lowest BCUT2D eigenvalue weighted by molar-refractivity contribution is 0.0998. The van der Waals surface area contributed by atoms with Crippen LogP contribution in [0.4, 0.5) is 9.80 Å². The van der Waals surface area contributed by atoms with Gasteiger partial charge in [0, 0.05) is 18.8 Å². The number of amides is 3. The second kappa shape index (κ2) is 9.40. The van der Waals surface area contributed by atoms with Gasteiger partial charge in [-0.25, -0.2) is 4.79 Å². The van der Waals surface area contributed by atoms with E-state index < -0.39 is 5.91 Å². The number of urea groups is 1. The summed E-state index contributed by atoms with van der Waals surface area (Å²) in [4.78, 5) is 25.7. The van der Waals surface area contributed by atoms with Gasteiger partial charge in [-0.05, 0) is 31.2 Å². The van der Waals surface area contributed by atoms with Gasteiger partial charge in [-0.15, -0.1) is 0 Å². The first kappa shape index (κ1) is 19.2. The van der Waals surface area contributed by atoms with Crippen molar-refractivity contribution in [3.63, 3.8) is 0 Å². The first-order valence-electron chi connectivity index (χ1n) is 7.63. The van der Waals surface area contributed by atoms with Crippen molar-refractivity contribution in [3.05, 3.63) is 41.5 Å². The van der Waals surface area contributed by atoms with Gasteiger partial charge in [0.25, 0.3) is 5.91 Å². The molecule has 0 aliphatic heterocycles. The third kappa shape index (κ3) is 6.04. The topological polar surface area (TPSA) is 100 Å². The van der Waals surface area contributed by atoms with Crippen LogP contribution in [0, 0.1) is 0 Å².